The summed E-state index contributed by atoms with van der Waals surface area (Å²) in [6.45, 7) is 2.31. The smallest absolute Gasteiger partial charge is 0.225 e. The minimum atomic E-state index is -0.0834. The number of nitrogens with one attached hydrogen (secondary N) is 1. The molecule has 5 nitrogen and oxygen atoms in total. The van der Waals surface area contributed by atoms with Gasteiger partial charge in [-0.15, -0.1) is 12.4 Å². The number of halogens is 1. The molecule has 27 heavy (non-hydrogen) atoms. The topological polar surface area (TPSA) is 75.4 Å². The van der Waals surface area contributed by atoms with Gasteiger partial charge in [-0.3, -0.25) is 9.59 Å². The summed E-state index contributed by atoms with van der Waals surface area (Å²) >= 11 is 0. The number of hydrogen-bond donors (Lipinski definition) is 2. The van der Waals surface area contributed by atoms with Crippen molar-refractivity contribution in [3.05, 3.63) is 35.9 Å². The Balaban J connectivity index is 0.00000261. The third-order valence-corrected chi connectivity index (χ3v) is 5.89. The van der Waals surface area contributed by atoms with E-state index in [-0.39, 0.29) is 36.1 Å². The van der Waals surface area contributed by atoms with Crippen molar-refractivity contribution in [1.82, 2.24) is 10.2 Å². The lowest BCUT2D eigenvalue weighted by Crippen LogP contribution is -2.48. The van der Waals surface area contributed by atoms with Gasteiger partial charge in [-0.25, -0.2) is 0 Å². The first-order valence-corrected chi connectivity index (χ1v) is 10.0. The molecule has 2 fully saturated rings. The Morgan fingerprint density at radius 2 is 1.74 bits per heavy atom. The maximum absolute atomic E-state index is 13.0. The monoisotopic (exact) mass is 393 g/mol. The zero-order valence-electron chi connectivity index (χ0n) is 15.9. The highest BCUT2D eigenvalue weighted by Crippen LogP contribution is 2.36. The average molecular weight is 394 g/mol. The maximum atomic E-state index is 13.0. The molecule has 6 heteroatoms. The van der Waals surface area contributed by atoms with Crippen LogP contribution >= 0.6 is 12.4 Å². The van der Waals surface area contributed by atoms with E-state index in [0.717, 1.165) is 45.1 Å². The first-order valence-electron chi connectivity index (χ1n) is 10.0. The SMILES string of the molecule is Cl.NCCNC(=O)C1CCCN(C(=O)C2CCC(c3ccccc3)CC2)C1. The van der Waals surface area contributed by atoms with Crippen molar-refractivity contribution in [1.29, 1.82) is 0 Å². The number of benzene rings is 1. The van der Waals surface area contributed by atoms with Gasteiger partial charge in [0, 0.05) is 32.1 Å². The summed E-state index contributed by atoms with van der Waals surface area (Å²) in [6.07, 6.45) is 5.84. The molecule has 3 N–H and O–H groups in total. The van der Waals surface area contributed by atoms with Crippen molar-refractivity contribution >= 4 is 24.2 Å². The summed E-state index contributed by atoms with van der Waals surface area (Å²) in [5, 5.41) is 2.86. The van der Waals surface area contributed by atoms with Crippen LogP contribution in [-0.4, -0.2) is 42.9 Å². The largest absolute Gasteiger partial charge is 0.355 e. The van der Waals surface area contributed by atoms with E-state index < -0.39 is 0 Å². The normalized spacial score (nSPS) is 25.4. The lowest BCUT2D eigenvalue weighted by molar-refractivity contribution is -0.140. The van der Waals surface area contributed by atoms with Crippen LogP contribution in [0.25, 0.3) is 0 Å². The van der Waals surface area contributed by atoms with Crippen LogP contribution in [0.5, 0.6) is 0 Å². The molecule has 1 atom stereocenters. The van der Waals surface area contributed by atoms with E-state index in [1.54, 1.807) is 0 Å². The fourth-order valence-corrected chi connectivity index (χ4v) is 4.39. The molecule has 0 aromatic heterocycles. The summed E-state index contributed by atoms with van der Waals surface area (Å²) in [5.41, 5.74) is 6.85. The second-order valence-corrected chi connectivity index (χ2v) is 7.66. The van der Waals surface area contributed by atoms with Gasteiger partial charge in [-0.2, -0.15) is 0 Å². The molecule has 2 aliphatic rings. The van der Waals surface area contributed by atoms with E-state index in [4.69, 9.17) is 5.73 Å². The van der Waals surface area contributed by atoms with Gasteiger partial charge < -0.3 is 16.0 Å². The molecule has 1 aromatic carbocycles. The van der Waals surface area contributed by atoms with Crippen molar-refractivity contribution < 1.29 is 9.59 Å². The van der Waals surface area contributed by atoms with Gasteiger partial charge in [0.25, 0.3) is 0 Å². The molecule has 0 spiro atoms. The summed E-state index contributed by atoms with van der Waals surface area (Å²) < 4.78 is 0. The minimum Gasteiger partial charge on any atom is -0.355 e. The number of hydrogen-bond acceptors (Lipinski definition) is 3. The molecular weight excluding hydrogens is 362 g/mol. The van der Waals surface area contributed by atoms with E-state index in [2.05, 4.69) is 35.6 Å². The molecule has 1 saturated heterocycles. The Morgan fingerprint density at radius 1 is 1.04 bits per heavy atom. The molecule has 1 unspecified atom stereocenters. The standard InChI is InChI=1S/C21H31N3O2.ClH/c22-12-13-23-20(25)19-7-4-14-24(15-19)21(26)18-10-8-17(9-11-18)16-5-2-1-3-6-16;/h1-3,5-6,17-19H,4,7-15,22H2,(H,23,25);1H. The predicted octanol–water partition coefficient (Wildman–Crippen LogP) is 2.70. The second kappa shape index (κ2) is 10.7. The van der Waals surface area contributed by atoms with Crippen LogP contribution in [0.4, 0.5) is 0 Å². The van der Waals surface area contributed by atoms with E-state index in [9.17, 15) is 9.59 Å². The average Bonchev–Trinajstić information content (AvgIpc) is 2.72. The fraction of sp³-hybridized carbons (Fsp3) is 0.619. The number of rotatable bonds is 5. The second-order valence-electron chi connectivity index (χ2n) is 7.66. The maximum Gasteiger partial charge on any atom is 0.225 e. The number of likely N-dealkylation sites (tertiary alicyclic amines) is 1. The van der Waals surface area contributed by atoms with Gasteiger partial charge >= 0.3 is 0 Å². The Morgan fingerprint density at radius 3 is 2.41 bits per heavy atom. The molecular formula is C21H32ClN3O2. The van der Waals surface area contributed by atoms with Gasteiger partial charge in [0.05, 0.1) is 5.92 Å². The number of nitrogens with two attached hydrogens (primary N) is 1. The van der Waals surface area contributed by atoms with E-state index >= 15 is 0 Å². The van der Waals surface area contributed by atoms with Crippen LogP contribution in [0.3, 0.4) is 0 Å². The van der Waals surface area contributed by atoms with Crippen LogP contribution in [0.15, 0.2) is 30.3 Å². The van der Waals surface area contributed by atoms with Crippen LogP contribution in [0, 0.1) is 11.8 Å². The van der Waals surface area contributed by atoms with E-state index in [1.807, 2.05) is 4.90 Å². The zero-order chi connectivity index (χ0) is 18.4. The van der Waals surface area contributed by atoms with Gasteiger partial charge in [0.1, 0.15) is 0 Å². The Kier molecular flexibility index (Phi) is 8.58. The number of nitrogens with zero attached hydrogens (tertiary/aromatic N) is 1. The molecule has 150 valence electrons. The summed E-state index contributed by atoms with van der Waals surface area (Å²) in [4.78, 5) is 27.1. The molecule has 1 heterocycles. The van der Waals surface area contributed by atoms with Gasteiger partial charge in [0.2, 0.25) is 11.8 Å². The molecule has 1 aromatic rings. The van der Waals surface area contributed by atoms with Gasteiger partial charge in [-0.05, 0) is 50.0 Å². The number of carbonyl (C=O) groups excluding carboxylic acids is 2. The first-order chi connectivity index (χ1) is 12.7. The quantitative estimate of drug-likeness (QED) is 0.807. The summed E-state index contributed by atoms with van der Waals surface area (Å²) in [6, 6.07) is 10.6. The van der Waals surface area contributed by atoms with Crippen molar-refractivity contribution in [2.75, 3.05) is 26.2 Å². The zero-order valence-corrected chi connectivity index (χ0v) is 16.8. The lowest BCUT2D eigenvalue weighted by Gasteiger charge is -2.36. The molecule has 1 aliphatic carbocycles. The molecule has 0 radical (unpaired) electrons. The van der Waals surface area contributed by atoms with E-state index in [0.29, 0.717) is 25.6 Å². The van der Waals surface area contributed by atoms with Crippen LogP contribution in [0.1, 0.15) is 50.0 Å². The third-order valence-electron chi connectivity index (χ3n) is 5.89. The third kappa shape index (κ3) is 5.69. The Labute approximate surface area is 168 Å². The fourth-order valence-electron chi connectivity index (χ4n) is 4.39. The number of piperidine rings is 1. The number of carbonyl (C=O) groups is 2. The highest BCUT2D eigenvalue weighted by atomic mass is 35.5. The Bertz CT molecular complexity index is 603. The van der Waals surface area contributed by atoms with Crippen molar-refractivity contribution in [2.24, 2.45) is 17.6 Å². The lowest BCUT2D eigenvalue weighted by atomic mass is 9.78. The molecule has 1 aliphatic heterocycles. The molecule has 2 amide bonds. The van der Waals surface area contributed by atoms with Crippen molar-refractivity contribution in [3.8, 4) is 0 Å². The first kappa shape index (κ1) is 21.7. The highest BCUT2D eigenvalue weighted by Gasteiger charge is 2.33. The molecule has 1 saturated carbocycles. The summed E-state index contributed by atoms with van der Waals surface area (Å²) in [5.74, 6) is 0.922. The molecule has 3 rings (SSSR count). The van der Waals surface area contributed by atoms with Crippen LogP contribution in [-0.2, 0) is 9.59 Å². The highest BCUT2D eigenvalue weighted by molar-refractivity contribution is 5.85. The van der Waals surface area contributed by atoms with Crippen LogP contribution < -0.4 is 11.1 Å². The van der Waals surface area contributed by atoms with Crippen molar-refractivity contribution in [2.45, 2.75) is 44.4 Å². The number of amides is 2. The minimum absolute atomic E-state index is 0. The van der Waals surface area contributed by atoms with Gasteiger partial charge in [-0.1, -0.05) is 30.3 Å². The van der Waals surface area contributed by atoms with E-state index in [1.165, 1.54) is 5.56 Å². The Hall–Kier alpha value is -1.59. The predicted molar refractivity (Wildman–Crippen MR) is 110 cm³/mol. The molecule has 0 bridgehead atoms. The van der Waals surface area contributed by atoms with Crippen LogP contribution in [0.2, 0.25) is 0 Å². The van der Waals surface area contributed by atoms with Gasteiger partial charge in [0.15, 0.2) is 0 Å². The summed E-state index contributed by atoms with van der Waals surface area (Å²) in [7, 11) is 0. The van der Waals surface area contributed by atoms with Crippen molar-refractivity contribution in [3.63, 3.8) is 0 Å².